The number of anilines is 1. The molecule has 1 aliphatic carbocycles. The zero-order valence-corrected chi connectivity index (χ0v) is 20.0. The second-order valence-electron chi connectivity index (χ2n) is 8.93. The van der Waals surface area contributed by atoms with E-state index in [1.165, 1.54) is 19.3 Å². The molecule has 33 heavy (non-hydrogen) atoms. The third-order valence-electron chi connectivity index (χ3n) is 6.85. The number of hydrogen-bond donors (Lipinski definition) is 1. The van der Waals surface area contributed by atoms with E-state index in [-0.39, 0.29) is 17.4 Å². The standard InChI is InChI=1S/C28H30N2O2S/c1-19-10-6-9-15-24(19)30-27(31)26(33-28(30)29-21-11-4-3-5-12-21)18-20-16-17-25(32-2)23-14-8-7-13-22(20)23/h3-5,7-8,11-14,16-19,24,28-29H,6,9-10,15H2,1-2H3/b26-18-/t19-,24+,28?/m1/s1. The van der Waals surface area contributed by atoms with Gasteiger partial charge in [-0.25, -0.2) is 0 Å². The first-order valence-electron chi connectivity index (χ1n) is 11.7. The van der Waals surface area contributed by atoms with Gasteiger partial charge in [-0.3, -0.25) is 4.79 Å². The molecule has 0 bridgehead atoms. The molecule has 3 atom stereocenters. The molecule has 4 nitrogen and oxygen atoms in total. The molecule has 5 rings (SSSR count). The lowest BCUT2D eigenvalue weighted by atomic mass is 9.85. The summed E-state index contributed by atoms with van der Waals surface area (Å²) in [6.07, 6.45) is 6.74. The number of fused-ring (bicyclic) bond motifs is 1. The molecule has 1 saturated heterocycles. The zero-order chi connectivity index (χ0) is 22.8. The van der Waals surface area contributed by atoms with Gasteiger partial charge >= 0.3 is 0 Å². The van der Waals surface area contributed by atoms with E-state index < -0.39 is 0 Å². The van der Waals surface area contributed by atoms with Crippen LogP contribution in [0.4, 0.5) is 5.69 Å². The van der Waals surface area contributed by atoms with E-state index in [9.17, 15) is 4.79 Å². The topological polar surface area (TPSA) is 41.6 Å². The molecule has 5 heteroatoms. The summed E-state index contributed by atoms with van der Waals surface area (Å²) in [6, 6.07) is 22.7. The van der Waals surface area contributed by atoms with Gasteiger partial charge < -0.3 is 15.0 Å². The van der Waals surface area contributed by atoms with Crippen LogP contribution in [0.5, 0.6) is 5.75 Å². The molecule has 0 aromatic heterocycles. The van der Waals surface area contributed by atoms with E-state index >= 15 is 0 Å². The number of benzene rings is 3. The van der Waals surface area contributed by atoms with Crippen LogP contribution in [0, 0.1) is 5.92 Å². The smallest absolute Gasteiger partial charge is 0.262 e. The highest BCUT2D eigenvalue weighted by atomic mass is 32.2. The SMILES string of the molecule is COc1ccc(/C=C2\SC(Nc3ccccc3)N([C@H]3CCCC[C@H]3C)C2=O)c2ccccc12. The molecular weight excluding hydrogens is 428 g/mol. The van der Waals surface area contributed by atoms with Gasteiger partial charge in [-0.2, -0.15) is 0 Å². The number of carbonyl (C=O) groups is 1. The summed E-state index contributed by atoms with van der Waals surface area (Å²) in [6.45, 7) is 2.29. The van der Waals surface area contributed by atoms with Gasteiger partial charge in [0.25, 0.3) is 5.91 Å². The number of nitrogens with one attached hydrogen (secondary N) is 1. The summed E-state index contributed by atoms with van der Waals surface area (Å²) >= 11 is 1.63. The van der Waals surface area contributed by atoms with Crippen LogP contribution in [-0.4, -0.2) is 29.5 Å². The molecule has 0 spiro atoms. The quantitative estimate of drug-likeness (QED) is 0.430. The maximum atomic E-state index is 13.8. The predicted molar refractivity (Wildman–Crippen MR) is 138 cm³/mol. The first-order valence-corrected chi connectivity index (χ1v) is 12.6. The summed E-state index contributed by atoms with van der Waals surface area (Å²) in [5.74, 6) is 1.48. The average molecular weight is 459 g/mol. The number of ether oxygens (including phenoxy) is 1. The highest BCUT2D eigenvalue weighted by molar-refractivity contribution is 8.05. The van der Waals surface area contributed by atoms with Crippen molar-refractivity contribution < 1.29 is 9.53 Å². The third kappa shape index (κ3) is 4.34. The van der Waals surface area contributed by atoms with Gasteiger partial charge in [-0.05, 0) is 54.0 Å². The maximum Gasteiger partial charge on any atom is 0.262 e. The molecule has 1 heterocycles. The number of nitrogens with zero attached hydrogens (tertiary/aromatic N) is 1. The Morgan fingerprint density at radius 3 is 2.45 bits per heavy atom. The number of thioether (sulfide) groups is 1. The molecule has 2 aliphatic rings. The van der Waals surface area contributed by atoms with Crippen molar-refractivity contribution in [3.63, 3.8) is 0 Å². The van der Waals surface area contributed by atoms with E-state index in [1.54, 1.807) is 18.9 Å². The fourth-order valence-electron chi connectivity index (χ4n) is 5.11. The number of hydrogen-bond acceptors (Lipinski definition) is 4. The Morgan fingerprint density at radius 2 is 1.70 bits per heavy atom. The van der Waals surface area contributed by atoms with Crippen LogP contribution in [0.2, 0.25) is 0 Å². The first kappa shape index (κ1) is 21.9. The van der Waals surface area contributed by atoms with Crippen molar-refractivity contribution in [1.29, 1.82) is 0 Å². The molecule has 3 aromatic rings. The van der Waals surface area contributed by atoms with Crippen molar-refractivity contribution in [2.45, 2.75) is 44.1 Å². The highest BCUT2D eigenvalue weighted by Crippen LogP contribution is 2.43. The van der Waals surface area contributed by atoms with Crippen LogP contribution < -0.4 is 10.1 Å². The largest absolute Gasteiger partial charge is 0.496 e. The molecule has 3 aromatic carbocycles. The lowest BCUT2D eigenvalue weighted by Gasteiger charge is -2.39. The lowest BCUT2D eigenvalue weighted by molar-refractivity contribution is -0.129. The van der Waals surface area contributed by atoms with Gasteiger partial charge in [0.2, 0.25) is 0 Å². The van der Waals surface area contributed by atoms with Crippen molar-refractivity contribution in [1.82, 2.24) is 4.90 Å². The molecular formula is C28H30N2O2S. The summed E-state index contributed by atoms with van der Waals surface area (Å²) < 4.78 is 5.55. The van der Waals surface area contributed by atoms with E-state index in [2.05, 4.69) is 47.5 Å². The average Bonchev–Trinajstić information content (AvgIpc) is 3.14. The van der Waals surface area contributed by atoms with Gasteiger partial charge in [0.1, 0.15) is 5.75 Å². The minimum atomic E-state index is -0.110. The van der Waals surface area contributed by atoms with Crippen LogP contribution in [0.3, 0.4) is 0 Å². The second-order valence-corrected chi connectivity index (χ2v) is 10.1. The lowest BCUT2D eigenvalue weighted by Crippen LogP contribution is -2.48. The van der Waals surface area contributed by atoms with Crippen LogP contribution in [0.15, 0.2) is 71.6 Å². The highest BCUT2D eigenvalue weighted by Gasteiger charge is 2.42. The van der Waals surface area contributed by atoms with Gasteiger partial charge in [0.05, 0.1) is 12.0 Å². The van der Waals surface area contributed by atoms with Crippen LogP contribution in [-0.2, 0) is 4.79 Å². The third-order valence-corrected chi connectivity index (χ3v) is 7.96. The number of amides is 1. The predicted octanol–water partition coefficient (Wildman–Crippen LogP) is 6.74. The number of methoxy groups -OCH3 is 1. The first-order chi connectivity index (χ1) is 16.2. The number of rotatable bonds is 5. The molecule has 1 amide bonds. The van der Waals surface area contributed by atoms with E-state index in [1.807, 2.05) is 42.5 Å². The Bertz CT molecular complexity index is 1180. The summed E-state index contributed by atoms with van der Waals surface area (Å²) in [7, 11) is 1.69. The Kier molecular flexibility index (Phi) is 6.32. The molecule has 1 unspecified atom stereocenters. The van der Waals surface area contributed by atoms with E-state index in [0.29, 0.717) is 5.92 Å². The fraction of sp³-hybridized carbons (Fsp3) is 0.321. The summed E-state index contributed by atoms with van der Waals surface area (Å²) in [5.41, 5.74) is 1.97. The number of carbonyl (C=O) groups excluding carboxylic acids is 1. The Labute approximate surface area is 200 Å². The Morgan fingerprint density at radius 1 is 0.970 bits per heavy atom. The normalized spacial score (nSPS) is 24.4. The molecule has 1 aliphatic heterocycles. The molecule has 170 valence electrons. The van der Waals surface area contributed by atoms with Crippen molar-refractivity contribution >= 4 is 40.2 Å². The van der Waals surface area contributed by atoms with Crippen LogP contribution in [0.1, 0.15) is 38.2 Å². The van der Waals surface area contributed by atoms with Gasteiger partial charge in [0, 0.05) is 17.1 Å². The summed E-state index contributed by atoms with van der Waals surface area (Å²) in [5, 5.41) is 5.77. The van der Waals surface area contributed by atoms with Crippen molar-refractivity contribution in [2.75, 3.05) is 12.4 Å². The Balaban J connectivity index is 1.53. The zero-order valence-electron chi connectivity index (χ0n) is 19.2. The minimum absolute atomic E-state index is 0.110. The van der Waals surface area contributed by atoms with Crippen LogP contribution in [0.25, 0.3) is 16.8 Å². The second kappa shape index (κ2) is 9.52. The number of para-hydroxylation sites is 1. The molecule has 1 saturated carbocycles. The molecule has 1 N–H and O–H groups in total. The summed E-state index contributed by atoms with van der Waals surface area (Å²) in [4.78, 5) is 16.7. The van der Waals surface area contributed by atoms with Crippen molar-refractivity contribution in [3.8, 4) is 5.75 Å². The van der Waals surface area contributed by atoms with E-state index in [4.69, 9.17) is 4.74 Å². The maximum absolute atomic E-state index is 13.8. The van der Waals surface area contributed by atoms with Gasteiger partial charge in [0.15, 0.2) is 5.50 Å². The van der Waals surface area contributed by atoms with Crippen molar-refractivity contribution in [3.05, 3.63) is 77.2 Å². The van der Waals surface area contributed by atoms with E-state index in [0.717, 1.165) is 39.1 Å². The Hall–Kier alpha value is -2.92. The van der Waals surface area contributed by atoms with Crippen LogP contribution >= 0.6 is 11.8 Å². The molecule has 0 radical (unpaired) electrons. The van der Waals surface area contributed by atoms with Gasteiger partial charge in [-0.1, -0.05) is 80.1 Å². The minimum Gasteiger partial charge on any atom is -0.496 e. The van der Waals surface area contributed by atoms with Gasteiger partial charge in [-0.15, -0.1) is 0 Å². The fourth-order valence-corrected chi connectivity index (χ4v) is 6.31. The molecule has 2 fully saturated rings. The monoisotopic (exact) mass is 458 g/mol. The van der Waals surface area contributed by atoms with Crippen molar-refractivity contribution in [2.24, 2.45) is 5.92 Å².